The number of carbonyl (C=O) groups excluding carboxylic acids is 1. The predicted octanol–water partition coefficient (Wildman–Crippen LogP) is 1.94. The first-order valence-electron chi connectivity index (χ1n) is 11.2. The van der Waals surface area contributed by atoms with Crippen molar-refractivity contribution >= 4 is 5.91 Å². The highest BCUT2D eigenvalue weighted by Crippen LogP contribution is 2.41. The highest BCUT2D eigenvalue weighted by molar-refractivity contribution is 5.73. The summed E-state index contributed by atoms with van der Waals surface area (Å²) in [6.07, 6.45) is -5.36. The van der Waals surface area contributed by atoms with Gasteiger partial charge in [-0.1, -0.05) is 91.0 Å². The molecule has 3 aromatic rings. The van der Waals surface area contributed by atoms with Crippen LogP contribution in [0.25, 0.3) is 0 Å². The van der Waals surface area contributed by atoms with Gasteiger partial charge >= 0.3 is 0 Å². The van der Waals surface area contributed by atoms with Crippen molar-refractivity contribution in [3.8, 4) is 0 Å². The Morgan fingerprint density at radius 1 is 0.824 bits per heavy atom. The summed E-state index contributed by atoms with van der Waals surface area (Å²) >= 11 is 0. The number of benzene rings is 3. The average molecular weight is 464 g/mol. The van der Waals surface area contributed by atoms with Gasteiger partial charge in [0.05, 0.1) is 6.61 Å². The third kappa shape index (κ3) is 4.75. The van der Waals surface area contributed by atoms with Gasteiger partial charge in [-0.05, 0) is 16.7 Å². The standard InChI is InChI=1S/C27H29NO6/c1-18(29)28-23-25(31)24(30)22(34-26(23)32)17-33-27(19-11-5-2-6-12-19,20-13-7-3-8-14-20)21-15-9-4-10-16-21/h2-16,22-26,30-32H,17H2,1H3,(H,28,29)/t22-,23+,24+,25+,26-/m1/s1. The molecule has 1 amide bonds. The number of hydrogen-bond acceptors (Lipinski definition) is 6. The van der Waals surface area contributed by atoms with Crippen molar-refractivity contribution in [2.75, 3.05) is 6.61 Å². The van der Waals surface area contributed by atoms with E-state index in [9.17, 15) is 20.1 Å². The van der Waals surface area contributed by atoms with Crippen LogP contribution in [-0.4, -0.2) is 58.5 Å². The minimum absolute atomic E-state index is 0.138. The Labute approximate surface area is 198 Å². The molecule has 7 heteroatoms. The maximum absolute atomic E-state index is 11.4. The van der Waals surface area contributed by atoms with Gasteiger partial charge in [-0.2, -0.15) is 0 Å². The van der Waals surface area contributed by atoms with Crippen molar-refractivity contribution in [2.24, 2.45) is 0 Å². The summed E-state index contributed by atoms with van der Waals surface area (Å²) in [5.74, 6) is -0.454. The summed E-state index contributed by atoms with van der Waals surface area (Å²) in [4.78, 5) is 11.4. The molecule has 0 saturated carbocycles. The Kier molecular flexibility index (Phi) is 7.41. The summed E-state index contributed by atoms with van der Waals surface area (Å²) in [6, 6.07) is 28.0. The van der Waals surface area contributed by atoms with Crippen LogP contribution in [0.15, 0.2) is 91.0 Å². The first-order valence-corrected chi connectivity index (χ1v) is 11.2. The van der Waals surface area contributed by atoms with E-state index >= 15 is 0 Å². The molecule has 178 valence electrons. The summed E-state index contributed by atoms with van der Waals surface area (Å²) in [5.41, 5.74) is 1.57. The number of carbonyl (C=O) groups is 1. The fourth-order valence-electron chi connectivity index (χ4n) is 4.45. The molecule has 0 spiro atoms. The van der Waals surface area contributed by atoms with E-state index in [4.69, 9.17) is 9.47 Å². The lowest BCUT2D eigenvalue weighted by atomic mass is 9.80. The van der Waals surface area contributed by atoms with E-state index in [1.165, 1.54) is 6.92 Å². The fourth-order valence-corrected chi connectivity index (χ4v) is 4.45. The molecule has 1 aliphatic rings. The highest BCUT2D eigenvalue weighted by Gasteiger charge is 2.46. The smallest absolute Gasteiger partial charge is 0.217 e. The van der Waals surface area contributed by atoms with Crippen LogP contribution in [0.3, 0.4) is 0 Å². The van der Waals surface area contributed by atoms with E-state index < -0.39 is 42.2 Å². The molecule has 1 aliphatic heterocycles. The molecule has 0 aromatic heterocycles. The second kappa shape index (κ2) is 10.5. The zero-order valence-electron chi connectivity index (χ0n) is 18.8. The van der Waals surface area contributed by atoms with Gasteiger partial charge in [-0.3, -0.25) is 4.79 Å². The summed E-state index contributed by atoms with van der Waals surface area (Å²) in [5, 5.41) is 34.1. The number of aliphatic hydroxyl groups excluding tert-OH is 3. The SMILES string of the molecule is CC(=O)N[C@H]1[C@H](O)[C@@H](O)[C@@H](COC(c2ccccc2)(c2ccccc2)c2ccccc2)O[C@H]1O. The monoisotopic (exact) mass is 463 g/mol. The van der Waals surface area contributed by atoms with Gasteiger partial charge in [-0.15, -0.1) is 0 Å². The molecular weight excluding hydrogens is 434 g/mol. The van der Waals surface area contributed by atoms with Gasteiger partial charge in [0.25, 0.3) is 0 Å². The largest absolute Gasteiger partial charge is 0.388 e. The number of aliphatic hydroxyl groups is 3. The van der Waals surface area contributed by atoms with E-state index in [2.05, 4.69) is 5.32 Å². The van der Waals surface area contributed by atoms with Gasteiger partial charge in [0.1, 0.15) is 30.0 Å². The fraction of sp³-hybridized carbons (Fsp3) is 0.296. The van der Waals surface area contributed by atoms with Gasteiger partial charge in [-0.25, -0.2) is 0 Å². The minimum Gasteiger partial charge on any atom is -0.388 e. The summed E-state index contributed by atoms with van der Waals surface area (Å²) in [6.45, 7) is 1.12. The molecule has 4 rings (SSSR count). The molecule has 0 bridgehead atoms. The molecule has 5 atom stereocenters. The van der Waals surface area contributed by atoms with Crippen molar-refractivity contribution in [1.82, 2.24) is 5.32 Å². The molecule has 0 radical (unpaired) electrons. The van der Waals surface area contributed by atoms with Crippen LogP contribution < -0.4 is 5.32 Å². The van der Waals surface area contributed by atoms with Crippen molar-refractivity contribution in [1.29, 1.82) is 0 Å². The minimum atomic E-state index is -1.50. The van der Waals surface area contributed by atoms with Crippen LogP contribution >= 0.6 is 0 Å². The maximum atomic E-state index is 11.4. The lowest BCUT2D eigenvalue weighted by Crippen LogP contribution is -2.64. The first-order chi connectivity index (χ1) is 16.4. The Bertz CT molecular complexity index is 966. The zero-order chi connectivity index (χ0) is 24.1. The van der Waals surface area contributed by atoms with Crippen LogP contribution in [0.2, 0.25) is 0 Å². The number of amides is 1. The van der Waals surface area contributed by atoms with Crippen LogP contribution in [0, 0.1) is 0 Å². The van der Waals surface area contributed by atoms with Gasteiger partial charge in [0, 0.05) is 6.92 Å². The molecule has 3 aromatic carbocycles. The molecule has 1 heterocycles. The van der Waals surface area contributed by atoms with Crippen LogP contribution in [0.1, 0.15) is 23.6 Å². The van der Waals surface area contributed by atoms with Gasteiger partial charge in [0.2, 0.25) is 5.91 Å². The molecule has 1 fully saturated rings. The Hall–Kier alpha value is -3.07. The molecule has 1 saturated heterocycles. The van der Waals surface area contributed by atoms with Crippen LogP contribution in [-0.2, 0) is 19.9 Å². The molecule has 0 unspecified atom stereocenters. The van der Waals surface area contributed by atoms with Crippen molar-refractivity contribution in [3.05, 3.63) is 108 Å². The number of rotatable bonds is 7. The van der Waals surface area contributed by atoms with E-state index in [0.29, 0.717) is 0 Å². The maximum Gasteiger partial charge on any atom is 0.217 e. The topological polar surface area (TPSA) is 108 Å². The number of ether oxygens (including phenoxy) is 2. The highest BCUT2D eigenvalue weighted by atomic mass is 16.6. The lowest BCUT2D eigenvalue weighted by Gasteiger charge is -2.43. The zero-order valence-corrected chi connectivity index (χ0v) is 18.8. The van der Waals surface area contributed by atoms with E-state index in [1.807, 2.05) is 91.0 Å². The molecule has 34 heavy (non-hydrogen) atoms. The van der Waals surface area contributed by atoms with Crippen LogP contribution in [0.5, 0.6) is 0 Å². The van der Waals surface area contributed by atoms with Crippen molar-refractivity contribution < 1.29 is 29.6 Å². The van der Waals surface area contributed by atoms with Crippen molar-refractivity contribution in [3.63, 3.8) is 0 Å². The summed E-state index contributed by atoms with van der Waals surface area (Å²) < 4.78 is 12.2. The van der Waals surface area contributed by atoms with Gasteiger partial charge < -0.3 is 30.1 Å². The number of nitrogens with one attached hydrogen (secondary N) is 1. The molecular formula is C27H29NO6. The Morgan fingerprint density at radius 3 is 1.68 bits per heavy atom. The number of hydrogen-bond donors (Lipinski definition) is 4. The Morgan fingerprint density at radius 2 is 1.26 bits per heavy atom. The Balaban J connectivity index is 1.71. The second-order valence-corrected chi connectivity index (χ2v) is 8.36. The lowest BCUT2D eigenvalue weighted by molar-refractivity contribution is -0.261. The summed E-state index contributed by atoms with van der Waals surface area (Å²) in [7, 11) is 0. The van der Waals surface area contributed by atoms with Crippen LogP contribution in [0.4, 0.5) is 0 Å². The first kappa shape index (κ1) is 24.1. The van der Waals surface area contributed by atoms with E-state index in [0.717, 1.165) is 16.7 Å². The third-order valence-corrected chi connectivity index (χ3v) is 6.10. The molecule has 0 aliphatic carbocycles. The van der Waals surface area contributed by atoms with Gasteiger partial charge in [0.15, 0.2) is 6.29 Å². The second-order valence-electron chi connectivity index (χ2n) is 8.36. The molecule has 7 nitrogen and oxygen atoms in total. The predicted molar refractivity (Wildman–Crippen MR) is 126 cm³/mol. The average Bonchev–Trinajstić information content (AvgIpc) is 2.87. The van der Waals surface area contributed by atoms with E-state index in [1.54, 1.807) is 0 Å². The van der Waals surface area contributed by atoms with Crippen molar-refractivity contribution in [2.45, 2.75) is 43.2 Å². The third-order valence-electron chi connectivity index (χ3n) is 6.10. The van der Waals surface area contributed by atoms with E-state index in [-0.39, 0.29) is 6.61 Å². The quantitative estimate of drug-likeness (QED) is 0.399. The normalized spacial score (nSPS) is 25.0. The molecule has 4 N–H and O–H groups in total.